The molecule has 3 N–H and O–H groups in total. The molecular weight excluding hydrogens is 459 g/mol. The van der Waals surface area contributed by atoms with E-state index in [9.17, 15) is 19.7 Å². The van der Waals surface area contributed by atoms with Crippen molar-refractivity contribution < 1.29 is 28.9 Å². The molecule has 10 nitrogen and oxygen atoms in total. The van der Waals surface area contributed by atoms with Crippen LogP contribution in [0.2, 0.25) is 5.15 Å². The number of hydrogen-bond acceptors (Lipinski definition) is 8. The Morgan fingerprint density at radius 2 is 1.94 bits per heavy atom. The average Bonchev–Trinajstić information content (AvgIpc) is 3.28. The van der Waals surface area contributed by atoms with Gasteiger partial charge in [-0.25, -0.2) is 15.0 Å². The molecule has 0 radical (unpaired) electrons. The summed E-state index contributed by atoms with van der Waals surface area (Å²) in [6.07, 6.45) is -1.36. The van der Waals surface area contributed by atoms with Gasteiger partial charge in [-0.05, 0) is 26.2 Å². The van der Waals surface area contributed by atoms with Gasteiger partial charge in [-0.1, -0.05) is 39.3 Å². The second kappa shape index (κ2) is 9.62. The molecular formula is C20H32ClN4O6P. The standard InChI is InChI=1S/C20H32ClN4O6P/c1-6-11(4)32(28,29)31-20(7-2,8-3)9-13-15(26)16(27)19(30-13)25-10-22-14-17(21)23-12(5)24-18(14)25/h10-11,13,15-16,19,26-27H,6-9H2,1-5H3,(H,28,29). The maximum Gasteiger partial charge on any atom is 0.331 e. The summed E-state index contributed by atoms with van der Waals surface area (Å²) >= 11 is 6.15. The van der Waals surface area contributed by atoms with Gasteiger partial charge in [-0.2, -0.15) is 0 Å². The fourth-order valence-electron chi connectivity index (χ4n) is 3.97. The van der Waals surface area contributed by atoms with Gasteiger partial charge in [0.2, 0.25) is 0 Å². The number of aliphatic hydroxyl groups is 2. The van der Waals surface area contributed by atoms with Gasteiger partial charge >= 0.3 is 7.60 Å². The van der Waals surface area contributed by atoms with Gasteiger partial charge < -0.3 is 24.4 Å². The largest absolute Gasteiger partial charge is 0.388 e. The summed E-state index contributed by atoms with van der Waals surface area (Å²) in [5.41, 5.74) is -0.768. The lowest BCUT2D eigenvalue weighted by Gasteiger charge is -2.37. The molecule has 0 bridgehead atoms. The van der Waals surface area contributed by atoms with E-state index in [1.165, 1.54) is 10.9 Å². The molecule has 0 spiro atoms. The van der Waals surface area contributed by atoms with Gasteiger partial charge in [0.15, 0.2) is 17.0 Å². The third-order valence-corrected chi connectivity index (χ3v) is 8.83. The summed E-state index contributed by atoms with van der Waals surface area (Å²) in [7, 11) is -3.88. The molecule has 0 aromatic carbocycles. The summed E-state index contributed by atoms with van der Waals surface area (Å²) in [6, 6.07) is 0. The van der Waals surface area contributed by atoms with E-state index in [-0.39, 0.29) is 11.6 Å². The van der Waals surface area contributed by atoms with E-state index < -0.39 is 43.4 Å². The SMILES string of the molecule is CCC(C)P(=O)(O)OC(CC)(CC)CC1OC(n2cnc3c(Cl)nc(C)nc32)C(O)C1O. The first-order chi connectivity index (χ1) is 15.0. The van der Waals surface area contributed by atoms with Crippen molar-refractivity contribution in [2.24, 2.45) is 0 Å². The Hall–Kier alpha value is -1.13. The van der Waals surface area contributed by atoms with Crippen LogP contribution in [-0.4, -0.2) is 64.2 Å². The Morgan fingerprint density at radius 3 is 2.53 bits per heavy atom. The molecule has 12 heteroatoms. The number of aryl methyl sites for hydroxylation is 1. The minimum Gasteiger partial charge on any atom is -0.388 e. The number of hydrogen-bond donors (Lipinski definition) is 3. The van der Waals surface area contributed by atoms with Gasteiger partial charge in [0, 0.05) is 6.42 Å². The fraction of sp³-hybridized carbons (Fsp3) is 0.750. The number of halogens is 1. The number of fused-ring (bicyclic) bond motifs is 1. The quantitative estimate of drug-likeness (QED) is 0.356. The van der Waals surface area contributed by atoms with Gasteiger partial charge in [-0.15, -0.1) is 0 Å². The van der Waals surface area contributed by atoms with Crippen LogP contribution in [0.3, 0.4) is 0 Å². The number of imidazole rings is 1. The summed E-state index contributed by atoms with van der Waals surface area (Å²) in [5.74, 6) is 0.432. The second-order valence-electron chi connectivity index (χ2n) is 8.44. The molecule has 1 aliphatic rings. The summed E-state index contributed by atoms with van der Waals surface area (Å²) in [6.45, 7) is 8.91. The molecule has 180 valence electrons. The molecule has 32 heavy (non-hydrogen) atoms. The third kappa shape index (κ3) is 4.73. The van der Waals surface area contributed by atoms with Crippen LogP contribution in [0.5, 0.6) is 0 Å². The van der Waals surface area contributed by atoms with Crippen molar-refractivity contribution in [3.63, 3.8) is 0 Å². The highest BCUT2D eigenvalue weighted by Crippen LogP contribution is 2.54. The van der Waals surface area contributed by atoms with Crippen molar-refractivity contribution in [3.05, 3.63) is 17.3 Å². The maximum atomic E-state index is 12.8. The van der Waals surface area contributed by atoms with Crippen molar-refractivity contribution in [1.82, 2.24) is 19.5 Å². The number of rotatable bonds is 9. The maximum absolute atomic E-state index is 12.8. The normalized spacial score (nSPS) is 27.0. The Balaban J connectivity index is 1.88. The van der Waals surface area contributed by atoms with Crippen LogP contribution < -0.4 is 0 Å². The minimum absolute atomic E-state index is 0.136. The molecule has 0 aliphatic carbocycles. The van der Waals surface area contributed by atoms with Crippen molar-refractivity contribution in [2.75, 3.05) is 0 Å². The molecule has 1 aliphatic heterocycles. The molecule has 2 aromatic heterocycles. The Labute approximate surface area is 192 Å². The fourth-order valence-corrected chi connectivity index (χ4v) is 5.75. The zero-order chi connectivity index (χ0) is 23.8. The smallest absolute Gasteiger partial charge is 0.331 e. The highest BCUT2D eigenvalue weighted by Gasteiger charge is 2.49. The lowest BCUT2D eigenvalue weighted by molar-refractivity contribution is -0.0713. The third-order valence-electron chi connectivity index (χ3n) is 6.44. The second-order valence-corrected chi connectivity index (χ2v) is 11.0. The predicted octanol–water partition coefficient (Wildman–Crippen LogP) is 3.36. The number of nitrogens with zero attached hydrogens (tertiary/aromatic N) is 4. The minimum atomic E-state index is -3.88. The zero-order valence-corrected chi connectivity index (χ0v) is 20.6. The van der Waals surface area contributed by atoms with Gasteiger partial charge in [0.05, 0.1) is 23.7 Å². The molecule has 0 amide bonds. The number of aromatic nitrogens is 4. The molecule has 0 saturated carbocycles. The van der Waals surface area contributed by atoms with Crippen LogP contribution in [0.15, 0.2) is 6.33 Å². The monoisotopic (exact) mass is 490 g/mol. The van der Waals surface area contributed by atoms with E-state index in [1.807, 2.05) is 20.8 Å². The van der Waals surface area contributed by atoms with E-state index in [2.05, 4.69) is 15.0 Å². The molecule has 1 fully saturated rings. The van der Waals surface area contributed by atoms with Crippen molar-refractivity contribution >= 4 is 30.4 Å². The highest BCUT2D eigenvalue weighted by atomic mass is 35.5. The van der Waals surface area contributed by atoms with E-state index in [4.69, 9.17) is 20.9 Å². The lowest BCUT2D eigenvalue weighted by Crippen LogP contribution is -2.40. The molecule has 6 atom stereocenters. The molecule has 3 heterocycles. The van der Waals surface area contributed by atoms with Crippen LogP contribution in [-0.2, 0) is 13.8 Å². The van der Waals surface area contributed by atoms with Crippen molar-refractivity contribution in [2.45, 2.75) is 96.1 Å². The van der Waals surface area contributed by atoms with Crippen LogP contribution in [0.4, 0.5) is 0 Å². The van der Waals surface area contributed by atoms with E-state index >= 15 is 0 Å². The summed E-state index contributed by atoms with van der Waals surface area (Å²) in [4.78, 5) is 23.1. The Bertz CT molecular complexity index is 1000. The first-order valence-corrected chi connectivity index (χ1v) is 12.9. The predicted molar refractivity (Wildman–Crippen MR) is 120 cm³/mol. The zero-order valence-electron chi connectivity index (χ0n) is 19.0. The summed E-state index contributed by atoms with van der Waals surface area (Å²) < 4.78 is 26.2. The molecule has 3 rings (SSSR count). The van der Waals surface area contributed by atoms with Crippen molar-refractivity contribution in [3.8, 4) is 0 Å². The molecule has 6 unspecified atom stereocenters. The first kappa shape index (κ1) is 25.5. The van der Waals surface area contributed by atoms with Crippen LogP contribution in [0.25, 0.3) is 11.2 Å². The molecule has 1 saturated heterocycles. The van der Waals surface area contributed by atoms with E-state index in [0.717, 1.165) is 0 Å². The highest BCUT2D eigenvalue weighted by molar-refractivity contribution is 7.53. The van der Waals surface area contributed by atoms with E-state index in [1.54, 1.807) is 13.8 Å². The van der Waals surface area contributed by atoms with Crippen LogP contribution in [0, 0.1) is 6.92 Å². The number of aliphatic hydroxyl groups excluding tert-OH is 2. The lowest BCUT2D eigenvalue weighted by atomic mass is 9.88. The van der Waals surface area contributed by atoms with E-state index in [0.29, 0.717) is 36.3 Å². The number of ether oxygens (including phenoxy) is 1. The molecule has 2 aromatic rings. The topological polar surface area (TPSA) is 140 Å². The van der Waals surface area contributed by atoms with Crippen LogP contribution in [0.1, 0.15) is 65.4 Å². The average molecular weight is 491 g/mol. The Morgan fingerprint density at radius 1 is 1.28 bits per heavy atom. The van der Waals surface area contributed by atoms with Gasteiger partial charge in [0.25, 0.3) is 0 Å². The van der Waals surface area contributed by atoms with Gasteiger partial charge in [-0.3, -0.25) is 9.13 Å². The Kier molecular flexibility index (Phi) is 7.66. The van der Waals surface area contributed by atoms with Gasteiger partial charge in [0.1, 0.15) is 23.5 Å². The van der Waals surface area contributed by atoms with Crippen LogP contribution >= 0.6 is 19.2 Å². The van der Waals surface area contributed by atoms with Crippen molar-refractivity contribution in [1.29, 1.82) is 0 Å². The first-order valence-electron chi connectivity index (χ1n) is 10.9. The summed E-state index contributed by atoms with van der Waals surface area (Å²) in [5, 5.41) is 21.7.